The van der Waals surface area contributed by atoms with Crippen molar-refractivity contribution in [1.82, 2.24) is 0 Å². The molecule has 18 heavy (non-hydrogen) atoms. The molecule has 0 saturated carbocycles. The van der Waals surface area contributed by atoms with Crippen LogP contribution in [0.3, 0.4) is 0 Å². The molecule has 1 atom stereocenters. The Labute approximate surface area is 110 Å². The van der Waals surface area contributed by atoms with Gasteiger partial charge in [-0.2, -0.15) is 0 Å². The molecule has 2 nitrogen and oxygen atoms in total. The Morgan fingerprint density at radius 3 is 2.72 bits per heavy atom. The van der Waals surface area contributed by atoms with Gasteiger partial charge in [-0.05, 0) is 51.2 Å². The number of hydrogen-bond donors (Lipinski definition) is 1. The van der Waals surface area contributed by atoms with Crippen molar-refractivity contribution in [2.75, 3.05) is 0 Å². The van der Waals surface area contributed by atoms with E-state index in [0.717, 1.165) is 36.1 Å². The number of ether oxygens (including phenoxy) is 1. The second-order valence-electron chi connectivity index (χ2n) is 6.15. The van der Waals surface area contributed by atoms with Crippen LogP contribution in [0, 0.1) is 6.92 Å². The molecule has 0 aromatic heterocycles. The fourth-order valence-electron chi connectivity index (χ4n) is 3.21. The predicted molar refractivity (Wildman–Crippen MR) is 74.6 cm³/mol. The van der Waals surface area contributed by atoms with E-state index in [1.165, 1.54) is 5.56 Å². The summed E-state index contributed by atoms with van der Waals surface area (Å²) in [5.41, 5.74) is 3.27. The number of rotatable bonds is 2. The van der Waals surface area contributed by atoms with Crippen LogP contribution >= 0.6 is 0 Å². The van der Waals surface area contributed by atoms with Crippen molar-refractivity contribution in [2.24, 2.45) is 0 Å². The Kier molecular flexibility index (Phi) is 3.31. The molecule has 1 aliphatic heterocycles. The lowest BCUT2D eigenvalue weighted by Crippen LogP contribution is -2.35. The van der Waals surface area contributed by atoms with Gasteiger partial charge >= 0.3 is 0 Å². The van der Waals surface area contributed by atoms with Crippen LogP contribution < -0.4 is 4.74 Å². The molecule has 1 heterocycles. The highest BCUT2D eigenvalue weighted by atomic mass is 16.5. The lowest BCUT2D eigenvalue weighted by atomic mass is 9.82. The zero-order valence-electron chi connectivity index (χ0n) is 12.1. The summed E-state index contributed by atoms with van der Waals surface area (Å²) < 4.78 is 6.18. The molecule has 100 valence electrons. The quantitative estimate of drug-likeness (QED) is 0.844. The van der Waals surface area contributed by atoms with Crippen LogP contribution in [0.5, 0.6) is 11.5 Å². The van der Waals surface area contributed by atoms with Crippen LogP contribution in [0.2, 0.25) is 0 Å². The van der Waals surface area contributed by atoms with Crippen LogP contribution in [0.15, 0.2) is 6.07 Å². The van der Waals surface area contributed by atoms with Gasteiger partial charge in [0, 0.05) is 11.1 Å². The Bertz CT molecular complexity index is 461. The van der Waals surface area contributed by atoms with E-state index >= 15 is 0 Å². The first-order valence-electron chi connectivity index (χ1n) is 6.90. The molecule has 0 fully saturated rings. The van der Waals surface area contributed by atoms with Gasteiger partial charge in [0.2, 0.25) is 0 Å². The van der Waals surface area contributed by atoms with E-state index in [4.69, 9.17) is 4.74 Å². The molecule has 1 aliphatic rings. The third kappa shape index (κ3) is 2.21. The van der Waals surface area contributed by atoms with E-state index in [1.807, 2.05) is 6.07 Å². The monoisotopic (exact) mass is 248 g/mol. The van der Waals surface area contributed by atoms with Gasteiger partial charge in [0.05, 0.1) is 0 Å². The number of phenolic OH excluding ortho intramolecular Hbond substituents is 1. The summed E-state index contributed by atoms with van der Waals surface area (Å²) >= 11 is 0. The second kappa shape index (κ2) is 4.49. The smallest absolute Gasteiger partial charge is 0.130 e. The number of hydrogen-bond acceptors (Lipinski definition) is 2. The highest BCUT2D eigenvalue weighted by Gasteiger charge is 2.34. The molecular formula is C16H24O2. The van der Waals surface area contributed by atoms with Gasteiger partial charge in [-0.15, -0.1) is 0 Å². The van der Waals surface area contributed by atoms with Gasteiger partial charge < -0.3 is 9.84 Å². The molecule has 0 aliphatic carbocycles. The van der Waals surface area contributed by atoms with Gasteiger partial charge in [0.1, 0.15) is 17.1 Å². The van der Waals surface area contributed by atoms with Crippen molar-refractivity contribution in [3.05, 3.63) is 22.8 Å². The average Bonchev–Trinajstić information content (AvgIpc) is 2.21. The van der Waals surface area contributed by atoms with Crippen molar-refractivity contribution in [3.8, 4) is 11.5 Å². The number of aryl methyl sites for hydroxylation is 1. The molecule has 0 bridgehead atoms. The van der Waals surface area contributed by atoms with Crippen LogP contribution in [0.4, 0.5) is 0 Å². The summed E-state index contributed by atoms with van der Waals surface area (Å²) in [5, 5.41) is 10.2. The third-order valence-electron chi connectivity index (χ3n) is 3.77. The number of fused-ring (bicyclic) bond motifs is 1. The summed E-state index contributed by atoms with van der Waals surface area (Å²) in [7, 11) is 0. The first-order chi connectivity index (χ1) is 8.35. The molecule has 1 unspecified atom stereocenters. The molecule has 2 rings (SSSR count). The second-order valence-corrected chi connectivity index (χ2v) is 6.15. The normalized spacial score (nSPS) is 21.3. The highest BCUT2D eigenvalue weighted by Crippen LogP contribution is 2.47. The van der Waals surface area contributed by atoms with Crippen molar-refractivity contribution < 1.29 is 9.84 Å². The van der Waals surface area contributed by atoms with E-state index in [2.05, 4.69) is 34.6 Å². The molecule has 0 amide bonds. The van der Waals surface area contributed by atoms with E-state index < -0.39 is 0 Å². The maximum absolute atomic E-state index is 10.2. The summed E-state index contributed by atoms with van der Waals surface area (Å²) in [4.78, 5) is 0. The lowest BCUT2D eigenvalue weighted by Gasteiger charge is -2.38. The van der Waals surface area contributed by atoms with Crippen LogP contribution in [0.25, 0.3) is 0 Å². The molecule has 2 heteroatoms. The van der Waals surface area contributed by atoms with Crippen molar-refractivity contribution in [2.45, 2.75) is 65.4 Å². The maximum atomic E-state index is 10.2. The minimum absolute atomic E-state index is 0.144. The molecule has 1 aromatic carbocycles. The first-order valence-corrected chi connectivity index (χ1v) is 6.90. The standard InChI is InChI=1S/C16H24O2/c1-6-7-12-13(17)8-10(2)14-11(3)9-16(4,5)18-15(12)14/h8,11,17H,6-7,9H2,1-5H3. The molecule has 0 spiro atoms. The number of benzene rings is 1. The summed E-state index contributed by atoms with van der Waals surface area (Å²) in [6.07, 6.45) is 2.91. The van der Waals surface area contributed by atoms with Crippen molar-refractivity contribution in [1.29, 1.82) is 0 Å². The topological polar surface area (TPSA) is 29.5 Å². The maximum Gasteiger partial charge on any atom is 0.130 e. The average molecular weight is 248 g/mol. The van der Waals surface area contributed by atoms with Crippen molar-refractivity contribution >= 4 is 0 Å². The van der Waals surface area contributed by atoms with Gasteiger partial charge in [-0.1, -0.05) is 20.3 Å². The fraction of sp³-hybridized carbons (Fsp3) is 0.625. The third-order valence-corrected chi connectivity index (χ3v) is 3.77. The van der Waals surface area contributed by atoms with E-state index in [9.17, 15) is 5.11 Å². The van der Waals surface area contributed by atoms with Crippen molar-refractivity contribution in [3.63, 3.8) is 0 Å². The minimum Gasteiger partial charge on any atom is -0.508 e. The zero-order valence-corrected chi connectivity index (χ0v) is 12.1. The summed E-state index contributed by atoms with van der Waals surface area (Å²) in [5.74, 6) is 1.82. The number of phenols is 1. The van der Waals surface area contributed by atoms with E-state index in [0.29, 0.717) is 11.7 Å². The molecule has 0 radical (unpaired) electrons. The molecule has 1 aromatic rings. The van der Waals surface area contributed by atoms with Gasteiger partial charge in [0.25, 0.3) is 0 Å². The summed E-state index contributed by atoms with van der Waals surface area (Å²) in [6.45, 7) is 10.7. The lowest BCUT2D eigenvalue weighted by molar-refractivity contribution is 0.0726. The molecule has 0 saturated heterocycles. The zero-order chi connectivity index (χ0) is 13.5. The Morgan fingerprint density at radius 2 is 2.11 bits per heavy atom. The largest absolute Gasteiger partial charge is 0.508 e. The predicted octanol–water partition coefficient (Wildman–Crippen LogP) is 4.32. The first kappa shape index (κ1) is 13.3. The van der Waals surface area contributed by atoms with E-state index in [1.54, 1.807) is 0 Å². The van der Waals surface area contributed by atoms with Crippen LogP contribution in [-0.2, 0) is 6.42 Å². The highest BCUT2D eigenvalue weighted by molar-refractivity contribution is 5.56. The fourth-order valence-corrected chi connectivity index (χ4v) is 3.21. The Balaban J connectivity index is 2.62. The van der Waals surface area contributed by atoms with Crippen LogP contribution in [0.1, 0.15) is 63.1 Å². The van der Waals surface area contributed by atoms with Gasteiger partial charge in [0.15, 0.2) is 0 Å². The van der Waals surface area contributed by atoms with Gasteiger partial charge in [-0.25, -0.2) is 0 Å². The number of aromatic hydroxyl groups is 1. The van der Waals surface area contributed by atoms with Gasteiger partial charge in [-0.3, -0.25) is 0 Å². The molecular weight excluding hydrogens is 224 g/mol. The summed E-state index contributed by atoms with van der Waals surface area (Å²) in [6, 6.07) is 1.89. The Hall–Kier alpha value is -1.18. The SMILES string of the molecule is CCCc1c(O)cc(C)c2c1OC(C)(C)CC2C. The van der Waals surface area contributed by atoms with Crippen LogP contribution in [-0.4, -0.2) is 10.7 Å². The Morgan fingerprint density at radius 1 is 1.44 bits per heavy atom. The minimum atomic E-state index is -0.144. The molecule has 1 N–H and O–H groups in total. The van der Waals surface area contributed by atoms with E-state index in [-0.39, 0.29) is 5.60 Å².